The summed E-state index contributed by atoms with van der Waals surface area (Å²) in [6.07, 6.45) is 34.1. The number of carbonyl (C=O) groups is 1. The van der Waals surface area contributed by atoms with Crippen LogP contribution in [0.3, 0.4) is 0 Å². The van der Waals surface area contributed by atoms with Crippen LogP contribution in [-0.4, -0.2) is 38.5 Å². The van der Waals surface area contributed by atoms with Gasteiger partial charge in [-0.3, -0.25) is 0 Å². The van der Waals surface area contributed by atoms with Gasteiger partial charge in [0.1, 0.15) is 0 Å². The summed E-state index contributed by atoms with van der Waals surface area (Å²) in [6, 6.07) is 0. The second-order valence-electron chi connectivity index (χ2n) is 12.1. The first-order chi connectivity index (χ1) is 19.8. The second kappa shape index (κ2) is 34.6. The molecule has 0 fully saturated rings. The second-order valence-corrected chi connectivity index (χ2v) is 12.1. The number of unbranched alkanes of at least 4 members (excludes halogenated alkanes) is 24. The minimum absolute atomic E-state index is 0.235. The summed E-state index contributed by atoms with van der Waals surface area (Å²) < 4.78 is 17.5. The number of hydrogen-bond acceptors (Lipinski definition) is 4. The number of hydrogen-bond donors (Lipinski definition) is 0. The van der Waals surface area contributed by atoms with Crippen LogP contribution in [-0.2, 0) is 19.0 Å². The van der Waals surface area contributed by atoms with Gasteiger partial charge in [0.15, 0.2) is 6.10 Å². The number of esters is 1. The van der Waals surface area contributed by atoms with Crippen molar-refractivity contribution in [3.8, 4) is 0 Å². The zero-order chi connectivity index (χ0) is 29.2. The van der Waals surface area contributed by atoms with Gasteiger partial charge in [0.25, 0.3) is 0 Å². The predicted octanol–water partition coefficient (Wildman–Crippen LogP) is 11.5. The Hall–Kier alpha value is -0.610. The SMILES string of the molecule is CCCCCCCCCCCCOCC(OCCCCCCCCCCCC)C(=O)OCCCCCCCCC. The summed E-state index contributed by atoms with van der Waals surface area (Å²) in [5.74, 6) is -0.235. The van der Waals surface area contributed by atoms with Crippen LogP contribution in [0.25, 0.3) is 0 Å². The average molecular weight is 569 g/mol. The van der Waals surface area contributed by atoms with Gasteiger partial charge in [-0.2, -0.15) is 0 Å². The van der Waals surface area contributed by atoms with Crippen molar-refractivity contribution < 1.29 is 19.0 Å². The van der Waals surface area contributed by atoms with E-state index in [1.807, 2.05) is 0 Å². The topological polar surface area (TPSA) is 44.8 Å². The lowest BCUT2D eigenvalue weighted by Crippen LogP contribution is -2.32. The Labute approximate surface area is 251 Å². The highest BCUT2D eigenvalue weighted by Crippen LogP contribution is 2.13. The molecule has 0 N–H and O–H groups in total. The van der Waals surface area contributed by atoms with Crippen molar-refractivity contribution in [3.63, 3.8) is 0 Å². The molecular formula is C36H72O4. The number of rotatable bonds is 34. The molecule has 0 amide bonds. The minimum atomic E-state index is -0.578. The summed E-state index contributed by atoms with van der Waals surface area (Å²) in [4.78, 5) is 12.7. The van der Waals surface area contributed by atoms with Crippen LogP contribution in [0.5, 0.6) is 0 Å². The Bertz CT molecular complexity index is 481. The summed E-state index contributed by atoms with van der Waals surface area (Å²) in [5, 5.41) is 0. The fourth-order valence-electron chi connectivity index (χ4n) is 5.21. The van der Waals surface area contributed by atoms with Gasteiger partial charge in [0, 0.05) is 13.2 Å². The van der Waals surface area contributed by atoms with Crippen molar-refractivity contribution in [2.45, 2.75) is 200 Å². The van der Waals surface area contributed by atoms with E-state index in [1.165, 1.54) is 148 Å². The van der Waals surface area contributed by atoms with E-state index < -0.39 is 6.10 Å². The molecule has 1 unspecified atom stereocenters. The Kier molecular flexibility index (Phi) is 34.1. The van der Waals surface area contributed by atoms with Crippen molar-refractivity contribution in [3.05, 3.63) is 0 Å². The van der Waals surface area contributed by atoms with Crippen molar-refractivity contribution in [2.75, 3.05) is 26.4 Å². The van der Waals surface area contributed by atoms with Gasteiger partial charge < -0.3 is 14.2 Å². The van der Waals surface area contributed by atoms with Crippen molar-refractivity contribution >= 4 is 5.97 Å². The molecule has 4 nitrogen and oxygen atoms in total. The van der Waals surface area contributed by atoms with Gasteiger partial charge in [-0.05, 0) is 19.3 Å². The predicted molar refractivity (Wildman–Crippen MR) is 173 cm³/mol. The molecule has 0 aliphatic carbocycles. The average Bonchev–Trinajstić information content (AvgIpc) is 2.96. The molecule has 0 aromatic carbocycles. The van der Waals surface area contributed by atoms with Gasteiger partial charge >= 0.3 is 5.97 Å². The van der Waals surface area contributed by atoms with Gasteiger partial charge in [0.2, 0.25) is 0 Å². The maximum atomic E-state index is 12.7. The van der Waals surface area contributed by atoms with E-state index in [4.69, 9.17) is 14.2 Å². The standard InChI is InChI=1S/C36H72O4/c1-4-7-10-13-16-18-20-23-25-28-31-38-34-35(36(37)40-33-30-27-22-15-12-9-6-3)39-32-29-26-24-21-19-17-14-11-8-5-2/h35H,4-34H2,1-3H3. The van der Waals surface area contributed by atoms with Gasteiger partial charge in [-0.1, -0.05) is 175 Å². The monoisotopic (exact) mass is 569 g/mol. The highest BCUT2D eigenvalue weighted by molar-refractivity contribution is 5.74. The van der Waals surface area contributed by atoms with Crippen LogP contribution in [0.2, 0.25) is 0 Å². The molecular weight excluding hydrogens is 496 g/mol. The van der Waals surface area contributed by atoms with Gasteiger partial charge in [-0.15, -0.1) is 0 Å². The van der Waals surface area contributed by atoms with E-state index in [0.29, 0.717) is 26.4 Å². The highest BCUT2D eigenvalue weighted by Gasteiger charge is 2.21. The van der Waals surface area contributed by atoms with E-state index >= 15 is 0 Å². The summed E-state index contributed by atoms with van der Waals surface area (Å²) in [5.41, 5.74) is 0. The van der Waals surface area contributed by atoms with Gasteiger partial charge in [-0.25, -0.2) is 4.79 Å². The van der Waals surface area contributed by atoms with Crippen molar-refractivity contribution in [1.82, 2.24) is 0 Å². The third kappa shape index (κ3) is 30.4. The molecule has 0 aliphatic heterocycles. The van der Waals surface area contributed by atoms with Crippen LogP contribution < -0.4 is 0 Å². The van der Waals surface area contributed by atoms with E-state index in [0.717, 1.165) is 25.7 Å². The van der Waals surface area contributed by atoms with Crippen LogP contribution in [0.4, 0.5) is 0 Å². The Morgan fingerprint density at radius 1 is 0.425 bits per heavy atom. The lowest BCUT2D eigenvalue weighted by Gasteiger charge is -2.17. The lowest BCUT2D eigenvalue weighted by molar-refractivity contribution is -0.161. The summed E-state index contributed by atoms with van der Waals surface area (Å²) >= 11 is 0. The number of ether oxygens (including phenoxy) is 3. The highest BCUT2D eigenvalue weighted by atomic mass is 16.6. The fraction of sp³-hybridized carbons (Fsp3) is 0.972. The van der Waals surface area contributed by atoms with E-state index in [1.54, 1.807) is 0 Å². The van der Waals surface area contributed by atoms with E-state index in [-0.39, 0.29) is 5.97 Å². The van der Waals surface area contributed by atoms with E-state index in [9.17, 15) is 4.79 Å². The molecule has 0 aromatic heterocycles. The van der Waals surface area contributed by atoms with Crippen LogP contribution in [0.1, 0.15) is 194 Å². The maximum Gasteiger partial charge on any atom is 0.337 e. The molecule has 0 radical (unpaired) electrons. The Morgan fingerprint density at radius 3 is 1.15 bits per heavy atom. The molecule has 0 heterocycles. The smallest absolute Gasteiger partial charge is 0.337 e. The quantitative estimate of drug-likeness (QED) is 0.0572. The van der Waals surface area contributed by atoms with Crippen molar-refractivity contribution in [2.24, 2.45) is 0 Å². The minimum Gasteiger partial charge on any atom is -0.464 e. The molecule has 0 bridgehead atoms. The number of carbonyl (C=O) groups excluding carboxylic acids is 1. The first-order valence-corrected chi connectivity index (χ1v) is 18.1. The fourth-order valence-corrected chi connectivity index (χ4v) is 5.21. The lowest BCUT2D eigenvalue weighted by atomic mass is 10.1. The Morgan fingerprint density at radius 2 is 0.750 bits per heavy atom. The van der Waals surface area contributed by atoms with Crippen LogP contribution in [0.15, 0.2) is 0 Å². The molecule has 0 aromatic rings. The molecule has 40 heavy (non-hydrogen) atoms. The Balaban J connectivity index is 4.04. The molecule has 0 rings (SSSR count). The van der Waals surface area contributed by atoms with Crippen molar-refractivity contribution in [1.29, 1.82) is 0 Å². The summed E-state index contributed by atoms with van der Waals surface area (Å²) in [7, 11) is 0. The zero-order valence-electron chi connectivity index (χ0n) is 27.6. The maximum absolute atomic E-state index is 12.7. The molecule has 4 heteroatoms. The first kappa shape index (κ1) is 39.4. The molecule has 1 atom stereocenters. The molecule has 240 valence electrons. The first-order valence-electron chi connectivity index (χ1n) is 18.1. The largest absolute Gasteiger partial charge is 0.464 e. The van der Waals surface area contributed by atoms with Crippen LogP contribution >= 0.6 is 0 Å². The normalized spacial score (nSPS) is 12.2. The molecule has 0 spiro atoms. The molecule has 0 saturated heterocycles. The third-order valence-electron chi connectivity index (χ3n) is 7.98. The van der Waals surface area contributed by atoms with Gasteiger partial charge in [0.05, 0.1) is 13.2 Å². The molecule has 0 saturated carbocycles. The van der Waals surface area contributed by atoms with E-state index in [2.05, 4.69) is 20.8 Å². The molecule has 0 aliphatic rings. The zero-order valence-corrected chi connectivity index (χ0v) is 27.6. The summed E-state index contributed by atoms with van der Waals surface area (Å²) in [6.45, 7) is 8.95. The third-order valence-corrected chi connectivity index (χ3v) is 7.98. The van der Waals surface area contributed by atoms with Crippen LogP contribution in [0, 0.1) is 0 Å².